The number of benzene rings is 1. The number of piperidine rings is 1. The molecule has 2 bridgehead atoms. The molecule has 6 rings (SSSR count). The van der Waals surface area contributed by atoms with Crippen molar-refractivity contribution < 1.29 is 19.7 Å². The van der Waals surface area contributed by atoms with E-state index < -0.39 is 11.2 Å². The number of phenolic OH excluding ortho intramolecular Hbond substituents is 1. The van der Waals surface area contributed by atoms with Gasteiger partial charge in [-0.1, -0.05) is 26.8 Å². The molecule has 1 saturated heterocycles. The molecule has 172 valence electrons. The summed E-state index contributed by atoms with van der Waals surface area (Å²) in [6, 6.07) is 4.07. The number of hydrogen-bond donors (Lipinski definition) is 3. The lowest BCUT2D eigenvalue weighted by atomic mass is 9.35. The number of hydrogen-bond acceptors (Lipinski definition) is 5. The van der Waals surface area contributed by atoms with E-state index in [0.29, 0.717) is 5.75 Å². The van der Waals surface area contributed by atoms with E-state index in [2.05, 4.69) is 39.9 Å². The van der Waals surface area contributed by atoms with Gasteiger partial charge in [0.15, 0.2) is 11.5 Å². The van der Waals surface area contributed by atoms with E-state index >= 15 is 0 Å². The van der Waals surface area contributed by atoms with E-state index in [1.54, 1.807) is 13.2 Å². The minimum absolute atomic E-state index is 0.0695. The molecule has 2 heterocycles. The van der Waals surface area contributed by atoms with Crippen molar-refractivity contribution >= 4 is 0 Å². The Kier molecular flexibility index (Phi) is 4.29. The van der Waals surface area contributed by atoms with Crippen molar-refractivity contribution in [3.05, 3.63) is 23.3 Å². The fourth-order valence-corrected chi connectivity index (χ4v) is 8.19. The molecule has 4 fully saturated rings. The van der Waals surface area contributed by atoms with Crippen LogP contribution in [0.5, 0.6) is 11.5 Å². The Hall–Kier alpha value is -1.30. The molecule has 2 spiro atoms. The normalized spacial score (nSPS) is 42.9. The molecule has 2 aliphatic heterocycles. The van der Waals surface area contributed by atoms with E-state index in [4.69, 9.17) is 9.47 Å². The second-order valence-corrected chi connectivity index (χ2v) is 12.0. The Labute approximate surface area is 186 Å². The molecule has 7 atom stereocenters. The zero-order valence-electron chi connectivity index (χ0n) is 20.1. The van der Waals surface area contributed by atoms with Crippen molar-refractivity contribution in [2.24, 2.45) is 16.7 Å². The average Bonchev–Trinajstić information content (AvgIpc) is 3.08. The van der Waals surface area contributed by atoms with Crippen LogP contribution in [-0.4, -0.2) is 47.2 Å². The highest BCUT2D eigenvalue weighted by Crippen LogP contribution is 2.75. The van der Waals surface area contributed by atoms with Gasteiger partial charge in [0.25, 0.3) is 0 Å². The summed E-state index contributed by atoms with van der Waals surface area (Å²) in [7, 11) is 1.79. The molecule has 0 amide bonds. The lowest BCUT2D eigenvalue weighted by molar-refractivity contribution is -0.301. The van der Waals surface area contributed by atoms with Gasteiger partial charge in [0.2, 0.25) is 0 Å². The van der Waals surface area contributed by atoms with Crippen LogP contribution in [-0.2, 0) is 10.2 Å². The third-order valence-corrected chi connectivity index (χ3v) is 10.3. The second-order valence-electron chi connectivity index (χ2n) is 12.0. The molecular weight excluding hydrogens is 390 g/mol. The highest BCUT2D eigenvalue weighted by Gasteiger charge is 2.80. The van der Waals surface area contributed by atoms with Crippen LogP contribution in [0.3, 0.4) is 0 Å². The summed E-state index contributed by atoms with van der Waals surface area (Å²) in [5.74, 6) is 0.786. The van der Waals surface area contributed by atoms with Gasteiger partial charge < -0.3 is 25.0 Å². The molecule has 0 radical (unpaired) electrons. The topological polar surface area (TPSA) is 71.0 Å². The minimum atomic E-state index is -0.936. The Bertz CT molecular complexity index is 921. The van der Waals surface area contributed by atoms with Crippen LogP contribution in [0.1, 0.15) is 71.4 Å². The SMILES string of the molecule is CO[C@@]12CC[C@@]3(C[C@@H]1[C@](C)(O)C(C)(C)C)[C@@H](C)NCC[C@@]31c3c(C)ccc(O)c3O[C@@H]21. The van der Waals surface area contributed by atoms with Crippen molar-refractivity contribution in [3.63, 3.8) is 0 Å². The molecule has 1 aromatic rings. The lowest BCUT2D eigenvalue weighted by Gasteiger charge is -2.73. The number of rotatable bonds is 2. The number of methoxy groups -OCH3 is 1. The van der Waals surface area contributed by atoms with Crippen LogP contribution in [0.2, 0.25) is 0 Å². The van der Waals surface area contributed by atoms with Gasteiger partial charge in [0.05, 0.1) is 5.60 Å². The first-order valence-electron chi connectivity index (χ1n) is 11.9. The van der Waals surface area contributed by atoms with Gasteiger partial charge in [-0.3, -0.25) is 0 Å². The summed E-state index contributed by atoms with van der Waals surface area (Å²) in [6.07, 6.45) is 3.49. The van der Waals surface area contributed by atoms with Crippen molar-refractivity contribution in [1.29, 1.82) is 0 Å². The van der Waals surface area contributed by atoms with E-state index in [-0.39, 0.29) is 40.1 Å². The third kappa shape index (κ3) is 2.23. The molecule has 5 heteroatoms. The molecule has 5 aliphatic rings. The highest BCUT2D eigenvalue weighted by molar-refractivity contribution is 5.61. The highest BCUT2D eigenvalue weighted by atomic mass is 16.6. The van der Waals surface area contributed by atoms with Gasteiger partial charge in [0, 0.05) is 30.0 Å². The predicted molar refractivity (Wildman–Crippen MR) is 121 cm³/mol. The van der Waals surface area contributed by atoms with Crippen molar-refractivity contribution in [1.82, 2.24) is 5.32 Å². The fourth-order valence-electron chi connectivity index (χ4n) is 8.19. The first kappa shape index (κ1) is 21.5. The molecule has 0 aromatic heterocycles. The third-order valence-electron chi connectivity index (χ3n) is 10.3. The second kappa shape index (κ2) is 6.18. The molecule has 3 N–H and O–H groups in total. The van der Waals surface area contributed by atoms with Gasteiger partial charge in [-0.2, -0.15) is 0 Å². The summed E-state index contributed by atoms with van der Waals surface area (Å²) in [5, 5.41) is 26.6. The summed E-state index contributed by atoms with van der Waals surface area (Å²) in [5.41, 5.74) is 0.216. The van der Waals surface area contributed by atoms with E-state index in [0.717, 1.165) is 32.2 Å². The number of nitrogens with one attached hydrogen (secondary N) is 1. The lowest BCUT2D eigenvalue weighted by Crippen LogP contribution is -2.81. The number of ether oxygens (including phenoxy) is 2. The Balaban J connectivity index is 1.81. The van der Waals surface area contributed by atoms with Crippen molar-refractivity contribution in [3.8, 4) is 11.5 Å². The Morgan fingerprint density at radius 3 is 2.52 bits per heavy atom. The van der Waals surface area contributed by atoms with Gasteiger partial charge in [0.1, 0.15) is 11.7 Å². The maximum atomic E-state index is 12.0. The summed E-state index contributed by atoms with van der Waals surface area (Å²) >= 11 is 0. The smallest absolute Gasteiger partial charge is 0.165 e. The van der Waals surface area contributed by atoms with Crippen molar-refractivity contribution in [2.45, 2.75) is 96.0 Å². The number of phenols is 1. The number of aliphatic hydroxyl groups is 1. The van der Waals surface area contributed by atoms with E-state index in [1.165, 1.54) is 11.1 Å². The quantitative estimate of drug-likeness (QED) is 0.661. The van der Waals surface area contributed by atoms with Crippen LogP contribution >= 0.6 is 0 Å². The fraction of sp³-hybridized carbons (Fsp3) is 0.769. The Morgan fingerprint density at radius 1 is 1.16 bits per heavy atom. The maximum absolute atomic E-state index is 12.0. The van der Waals surface area contributed by atoms with E-state index in [1.807, 2.05) is 13.0 Å². The van der Waals surface area contributed by atoms with Gasteiger partial charge in [-0.25, -0.2) is 0 Å². The number of aryl methyl sites for hydroxylation is 1. The van der Waals surface area contributed by atoms with Crippen LogP contribution in [0, 0.1) is 23.7 Å². The van der Waals surface area contributed by atoms with E-state index in [9.17, 15) is 10.2 Å². The van der Waals surface area contributed by atoms with Crippen LogP contribution in [0.15, 0.2) is 12.1 Å². The number of aromatic hydroxyl groups is 1. The zero-order valence-corrected chi connectivity index (χ0v) is 20.1. The van der Waals surface area contributed by atoms with Gasteiger partial charge in [-0.15, -0.1) is 0 Å². The molecular formula is C26H39NO4. The van der Waals surface area contributed by atoms with Crippen LogP contribution < -0.4 is 10.1 Å². The summed E-state index contributed by atoms with van der Waals surface area (Å²) in [4.78, 5) is 0. The Morgan fingerprint density at radius 2 is 1.87 bits per heavy atom. The summed E-state index contributed by atoms with van der Waals surface area (Å²) in [6.45, 7) is 13.7. The average molecular weight is 430 g/mol. The molecule has 5 nitrogen and oxygen atoms in total. The molecule has 3 saturated carbocycles. The molecule has 0 unspecified atom stereocenters. The van der Waals surface area contributed by atoms with Crippen molar-refractivity contribution in [2.75, 3.05) is 13.7 Å². The first-order chi connectivity index (χ1) is 14.4. The standard InChI is InChI=1S/C26H39NO4/c1-15-8-9-17(28)20-19(15)25-12-13-27-16(2)24(25)10-11-26(30-7,21(25)31-20)18(14-24)23(6,29)22(3,4)5/h8-9,16,18,21,27-29H,10-14H2,1-7H3/t16-,18-,21-,23+,24-,25+,26+/m1/s1. The molecule has 3 aliphatic carbocycles. The van der Waals surface area contributed by atoms with Gasteiger partial charge >= 0.3 is 0 Å². The maximum Gasteiger partial charge on any atom is 0.165 e. The summed E-state index contributed by atoms with van der Waals surface area (Å²) < 4.78 is 13.3. The number of fused-ring (bicyclic) bond motifs is 3. The van der Waals surface area contributed by atoms with Crippen LogP contribution in [0.25, 0.3) is 0 Å². The largest absolute Gasteiger partial charge is 0.504 e. The van der Waals surface area contributed by atoms with Gasteiger partial charge in [-0.05, 0) is 75.5 Å². The zero-order chi connectivity index (χ0) is 22.6. The first-order valence-corrected chi connectivity index (χ1v) is 11.9. The molecule has 31 heavy (non-hydrogen) atoms. The molecule has 1 aromatic carbocycles. The minimum Gasteiger partial charge on any atom is -0.504 e. The monoisotopic (exact) mass is 429 g/mol. The van der Waals surface area contributed by atoms with Crippen LogP contribution in [0.4, 0.5) is 0 Å². The predicted octanol–water partition coefficient (Wildman–Crippen LogP) is 4.06.